The number of hydrogen-bond acceptors (Lipinski definition) is 2. The number of carbonyl (C=O) groups is 1. The van der Waals surface area contributed by atoms with Crippen molar-refractivity contribution in [3.05, 3.63) is 22.4 Å². The molecule has 0 atom stereocenters. The van der Waals surface area contributed by atoms with Crippen molar-refractivity contribution in [2.75, 3.05) is 6.54 Å². The van der Waals surface area contributed by atoms with Gasteiger partial charge in [0.15, 0.2) is 0 Å². The van der Waals surface area contributed by atoms with Crippen LogP contribution in [0, 0.1) is 5.92 Å². The summed E-state index contributed by atoms with van der Waals surface area (Å²) in [7, 11) is 0. The van der Waals surface area contributed by atoms with E-state index in [9.17, 15) is 4.79 Å². The fraction of sp³-hybridized carbons (Fsp3) is 0.545. The van der Waals surface area contributed by atoms with Crippen LogP contribution in [0.2, 0.25) is 0 Å². The van der Waals surface area contributed by atoms with Crippen molar-refractivity contribution >= 4 is 17.2 Å². The summed E-state index contributed by atoms with van der Waals surface area (Å²) >= 11 is 1.72. The van der Waals surface area contributed by atoms with Crippen molar-refractivity contribution < 1.29 is 4.79 Å². The van der Waals surface area contributed by atoms with Gasteiger partial charge in [0.25, 0.3) is 0 Å². The molecule has 1 heterocycles. The smallest absolute Gasteiger partial charge is 0.225 e. The highest BCUT2D eigenvalue weighted by Crippen LogP contribution is 2.31. The van der Waals surface area contributed by atoms with Gasteiger partial charge in [0.05, 0.1) is 6.54 Å². The highest BCUT2D eigenvalue weighted by Gasteiger charge is 2.32. The molecule has 2 nitrogen and oxygen atoms in total. The highest BCUT2D eigenvalue weighted by molar-refractivity contribution is 7.09. The van der Waals surface area contributed by atoms with E-state index in [2.05, 4.69) is 11.4 Å². The summed E-state index contributed by atoms with van der Waals surface area (Å²) in [6.07, 6.45) is 2.19. The van der Waals surface area contributed by atoms with E-state index in [1.807, 2.05) is 17.9 Å². The number of amides is 1. The number of nitrogens with zero attached hydrogens (tertiary/aromatic N) is 1. The summed E-state index contributed by atoms with van der Waals surface area (Å²) < 4.78 is 0. The molecule has 1 aliphatic carbocycles. The third-order valence-corrected chi connectivity index (χ3v) is 3.41. The van der Waals surface area contributed by atoms with Crippen molar-refractivity contribution in [2.24, 2.45) is 5.92 Å². The summed E-state index contributed by atoms with van der Waals surface area (Å²) in [6, 6.07) is 4.13. The lowest BCUT2D eigenvalue weighted by atomic mass is 10.3. The minimum atomic E-state index is 0.343. The lowest BCUT2D eigenvalue weighted by Gasteiger charge is -2.19. The first-order valence-corrected chi connectivity index (χ1v) is 6.00. The molecule has 0 aromatic carbocycles. The van der Waals surface area contributed by atoms with Gasteiger partial charge in [0.1, 0.15) is 0 Å². The summed E-state index contributed by atoms with van der Waals surface area (Å²) in [5.41, 5.74) is 0. The molecule has 1 aliphatic rings. The molecule has 0 N–H and O–H groups in total. The zero-order chi connectivity index (χ0) is 9.97. The number of carbonyl (C=O) groups excluding carboxylic acids is 1. The van der Waals surface area contributed by atoms with Crippen LogP contribution in [0.4, 0.5) is 0 Å². The van der Waals surface area contributed by atoms with Gasteiger partial charge in [-0.2, -0.15) is 0 Å². The van der Waals surface area contributed by atoms with Crippen molar-refractivity contribution in [3.8, 4) is 0 Å². The monoisotopic (exact) mass is 209 g/mol. The molecule has 0 aliphatic heterocycles. The second-order valence-corrected chi connectivity index (χ2v) is 4.74. The molecule has 0 bridgehead atoms. The van der Waals surface area contributed by atoms with E-state index in [-0.39, 0.29) is 0 Å². The van der Waals surface area contributed by atoms with E-state index in [1.54, 1.807) is 11.3 Å². The van der Waals surface area contributed by atoms with Crippen molar-refractivity contribution in [3.63, 3.8) is 0 Å². The maximum absolute atomic E-state index is 11.8. The first kappa shape index (κ1) is 9.71. The van der Waals surface area contributed by atoms with Crippen LogP contribution in [0.15, 0.2) is 17.5 Å². The fourth-order valence-electron chi connectivity index (χ4n) is 1.52. The average Bonchev–Trinajstić information content (AvgIpc) is 2.93. The maximum Gasteiger partial charge on any atom is 0.225 e. The van der Waals surface area contributed by atoms with Gasteiger partial charge in [-0.05, 0) is 31.2 Å². The Morgan fingerprint density at radius 3 is 2.93 bits per heavy atom. The van der Waals surface area contributed by atoms with Gasteiger partial charge in [-0.25, -0.2) is 0 Å². The molecule has 1 aromatic heterocycles. The second kappa shape index (κ2) is 4.13. The molecule has 0 saturated heterocycles. The first-order valence-electron chi connectivity index (χ1n) is 5.12. The van der Waals surface area contributed by atoms with Crippen molar-refractivity contribution in [1.29, 1.82) is 0 Å². The van der Waals surface area contributed by atoms with Crippen LogP contribution in [0.5, 0.6) is 0 Å². The van der Waals surface area contributed by atoms with Gasteiger partial charge in [0.2, 0.25) is 5.91 Å². The van der Waals surface area contributed by atoms with E-state index in [4.69, 9.17) is 0 Å². The maximum atomic E-state index is 11.8. The van der Waals surface area contributed by atoms with Gasteiger partial charge in [-0.1, -0.05) is 6.07 Å². The average molecular weight is 209 g/mol. The minimum absolute atomic E-state index is 0.343. The lowest BCUT2D eigenvalue weighted by molar-refractivity contribution is -0.132. The Balaban J connectivity index is 1.95. The summed E-state index contributed by atoms with van der Waals surface area (Å²) in [5.74, 6) is 0.691. The molecular formula is C11H15NOS. The summed E-state index contributed by atoms with van der Waals surface area (Å²) in [6.45, 7) is 3.67. The van der Waals surface area contributed by atoms with Crippen LogP contribution in [0.3, 0.4) is 0 Å². The van der Waals surface area contributed by atoms with Crippen LogP contribution >= 0.6 is 11.3 Å². The van der Waals surface area contributed by atoms with Crippen LogP contribution in [-0.2, 0) is 11.3 Å². The Morgan fingerprint density at radius 1 is 1.64 bits per heavy atom. The van der Waals surface area contributed by atoms with Gasteiger partial charge in [-0.3, -0.25) is 4.79 Å². The number of thiophene rings is 1. The van der Waals surface area contributed by atoms with Crippen LogP contribution in [0.25, 0.3) is 0 Å². The molecule has 76 valence electrons. The normalized spacial score (nSPS) is 15.5. The minimum Gasteiger partial charge on any atom is -0.338 e. The molecule has 1 aromatic rings. The van der Waals surface area contributed by atoms with E-state index in [1.165, 1.54) is 4.88 Å². The van der Waals surface area contributed by atoms with Crippen LogP contribution < -0.4 is 0 Å². The van der Waals surface area contributed by atoms with Crippen molar-refractivity contribution in [2.45, 2.75) is 26.3 Å². The van der Waals surface area contributed by atoms with E-state index in [0.717, 1.165) is 25.9 Å². The van der Waals surface area contributed by atoms with E-state index in [0.29, 0.717) is 11.8 Å². The highest BCUT2D eigenvalue weighted by atomic mass is 32.1. The molecule has 0 spiro atoms. The molecule has 0 unspecified atom stereocenters. The molecule has 3 heteroatoms. The standard InChI is InChI=1S/C11H15NOS/c1-2-12(11(13)9-5-6-9)8-10-4-3-7-14-10/h3-4,7,9H,2,5-6,8H2,1H3. The molecular weight excluding hydrogens is 194 g/mol. The summed E-state index contributed by atoms with van der Waals surface area (Å²) in [5, 5.41) is 2.06. The zero-order valence-electron chi connectivity index (χ0n) is 8.40. The van der Waals surface area contributed by atoms with Crippen molar-refractivity contribution in [1.82, 2.24) is 4.90 Å². The molecule has 1 fully saturated rings. The predicted molar refractivity (Wildman–Crippen MR) is 58.1 cm³/mol. The molecule has 14 heavy (non-hydrogen) atoms. The predicted octanol–water partition coefficient (Wildman–Crippen LogP) is 2.51. The Hall–Kier alpha value is -0.830. The third-order valence-electron chi connectivity index (χ3n) is 2.55. The SMILES string of the molecule is CCN(Cc1cccs1)C(=O)C1CC1. The Labute approximate surface area is 88.5 Å². The van der Waals surface area contributed by atoms with Gasteiger partial charge in [-0.15, -0.1) is 11.3 Å². The second-order valence-electron chi connectivity index (χ2n) is 3.71. The van der Waals surface area contributed by atoms with Gasteiger partial charge < -0.3 is 4.90 Å². The largest absolute Gasteiger partial charge is 0.338 e. The number of hydrogen-bond donors (Lipinski definition) is 0. The summed E-state index contributed by atoms with van der Waals surface area (Å²) in [4.78, 5) is 15.0. The van der Waals surface area contributed by atoms with E-state index < -0.39 is 0 Å². The quantitative estimate of drug-likeness (QED) is 0.746. The Bertz CT molecular complexity index is 303. The Morgan fingerprint density at radius 2 is 2.43 bits per heavy atom. The first-order chi connectivity index (χ1) is 6.81. The fourth-order valence-corrected chi connectivity index (χ4v) is 2.24. The third kappa shape index (κ3) is 2.15. The molecule has 0 radical (unpaired) electrons. The zero-order valence-corrected chi connectivity index (χ0v) is 9.22. The van der Waals surface area contributed by atoms with E-state index >= 15 is 0 Å². The van der Waals surface area contributed by atoms with Crippen LogP contribution in [-0.4, -0.2) is 17.4 Å². The van der Waals surface area contributed by atoms with Gasteiger partial charge >= 0.3 is 0 Å². The van der Waals surface area contributed by atoms with Gasteiger partial charge in [0, 0.05) is 17.3 Å². The molecule has 1 amide bonds. The lowest BCUT2D eigenvalue weighted by Crippen LogP contribution is -2.31. The topological polar surface area (TPSA) is 20.3 Å². The number of rotatable bonds is 4. The molecule has 1 saturated carbocycles. The van der Waals surface area contributed by atoms with Crippen LogP contribution in [0.1, 0.15) is 24.6 Å². The Kier molecular flexibility index (Phi) is 2.87. The molecule has 2 rings (SSSR count).